The maximum Gasteiger partial charge on any atom is 0.375 e. The molecular weight excluding hydrogens is 186 g/mol. The molecule has 0 fully saturated rings. The van der Waals surface area contributed by atoms with E-state index in [2.05, 4.69) is 19.6 Å². The van der Waals surface area contributed by atoms with E-state index in [-0.39, 0.29) is 5.76 Å². The van der Waals surface area contributed by atoms with Crippen LogP contribution in [0.3, 0.4) is 0 Å². The van der Waals surface area contributed by atoms with E-state index in [1.165, 1.54) is 24.8 Å². The van der Waals surface area contributed by atoms with Crippen molar-refractivity contribution in [3.63, 3.8) is 0 Å². The van der Waals surface area contributed by atoms with E-state index in [0.29, 0.717) is 11.3 Å². The van der Waals surface area contributed by atoms with Crippen molar-refractivity contribution in [3.05, 3.63) is 30.5 Å². The number of carboxylic acids is 1. The molecule has 14 heavy (non-hydrogen) atoms. The molecule has 0 spiro atoms. The molecule has 2 heterocycles. The van der Waals surface area contributed by atoms with Gasteiger partial charge in [0.05, 0.1) is 23.7 Å². The standard InChI is InChI=1S/C8H5N3O3/c12-8(13)7-5(3-11-14-7)6-4-9-1-2-10-6/h1-4H,(H,12,13). The summed E-state index contributed by atoms with van der Waals surface area (Å²) in [4.78, 5) is 18.4. The lowest BCUT2D eigenvalue weighted by Crippen LogP contribution is -1.96. The summed E-state index contributed by atoms with van der Waals surface area (Å²) in [7, 11) is 0. The van der Waals surface area contributed by atoms with Crippen LogP contribution in [0.4, 0.5) is 0 Å². The molecule has 0 saturated heterocycles. The third kappa shape index (κ3) is 1.33. The average molecular weight is 191 g/mol. The average Bonchev–Trinajstić information content (AvgIpc) is 2.67. The minimum absolute atomic E-state index is 0.231. The molecule has 0 aliphatic carbocycles. The molecule has 0 atom stereocenters. The summed E-state index contributed by atoms with van der Waals surface area (Å²) in [5.74, 6) is -1.41. The van der Waals surface area contributed by atoms with Gasteiger partial charge in [-0.2, -0.15) is 0 Å². The molecule has 2 aromatic rings. The van der Waals surface area contributed by atoms with Crippen LogP contribution in [0, 0.1) is 0 Å². The van der Waals surface area contributed by atoms with Gasteiger partial charge in [0.1, 0.15) is 0 Å². The maximum atomic E-state index is 10.7. The van der Waals surface area contributed by atoms with Crippen LogP contribution in [0.5, 0.6) is 0 Å². The van der Waals surface area contributed by atoms with Crippen LogP contribution in [-0.4, -0.2) is 26.2 Å². The quantitative estimate of drug-likeness (QED) is 0.756. The molecule has 6 nitrogen and oxygen atoms in total. The van der Waals surface area contributed by atoms with Crippen molar-refractivity contribution in [2.45, 2.75) is 0 Å². The highest BCUT2D eigenvalue weighted by Crippen LogP contribution is 2.19. The predicted molar refractivity (Wildman–Crippen MR) is 44.5 cm³/mol. The first-order valence-electron chi connectivity index (χ1n) is 3.73. The Hall–Kier alpha value is -2.24. The number of hydrogen-bond acceptors (Lipinski definition) is 5. The molecule has 0 bridgehead atoms. The monoisotopic (exact) mass is 191 g/mol. The second-order valence-corrected chi connectivity index (χ2v) is 2.46. The number of nitrogens with zero attached hydrogens (tertiary/aromatic N) is 3. The van der Waals surface area contributed by atoms with Gasteiger partial charge in [0.15, 0.2) is 0 Å². The summed E-state index contributed by atoms with van der Waals surface area (Å²) in [6.07, 6.45) is 5.71. The zero-order valence-electron chi connectivity index (χ0n) is 6.91. The van der Waals surface area contributed by atoms with Gasteiger partial charge in [0, 0.05) is 12.4 Å². The van der Waals surface area contributed by atoms with Crippen LogP contribution in [0.2, 0.25) is 0 Å². The second-order valence-electron chi connectivity index (χ2n) is 2.46. The Bertz CT molecular complexity index is 452. The molecule has 2 rings (SSSR count). The van der Waals surface area contributed by atoms with Gasteiger partial charge in [-0.25, -0.2) is 4.79 Å². The van der Waals surface area contributed by atoms with Gasteiger partial charge in [-0.15, -0.1) is 0 Å². The first-order chi connectivity index (χ1) is 6.79. The number of hydrogen-bond donors (Lipinski definition) is 1. The van der Waals surface area contributed by atoms with Gasteiger partial charge in [0.2, 0.25) is 0 Å². The van der Waals surface area contributed by atoms with Gasteiger partial charge in [-0.3, -0.25) is 9.97 Å². The normalized spacial score (nSPS) is 10.0. The molecule has 0 unspecified atom stereocenters. The summed E-state index contributed by atoms with van der Waals surface area (Å²) in [5, 5.41) is 12.1. The van der Waals surface area contributed by atoms with Gasteiger partial charge < -0.3 is 9.63 Å². The van der Waals surface area contributed by atoms with Crippen molar-refractivity contribution in [1.29, 1.82) is 0 Å². The Kier molecular flexibility index (Phi) is 1.94. The Morgan fingerprint density at radius 1 is 1.36 bits per heavy atom. The Morgan fingerprint density at radius 3 is 2.86 bits per heavy atom. The van der Waals surface area contributed by atoms with Gasteiger partial charge in [-0.05, 0) is 0 Å². The van der Waals surface area contributed by atoms with E-state index in [0.717, 1.165) is 0 Å². The molecule has 0 radical (unpaired) electrons. The summed E-state index contributed by atoms with van der Waals surface area (Å²) >= 11 is 0. The summed E-state index contributed by atoms with van der Waals surface area (Å²) in [6.45, 7) is 0. The zero-order chi connectivity index (χ0) is 9.97. The molecule has 1 N–H and O–H groups in total. The molecule has 0 aliphatic heterocycles. The SMILES string of the molecule is O=C(O)c1oncc1-c1cnccn1. The summed E-state index contributed by atoms with van der Waals surface area (Å²) in [6, 6.07) is 0. The highest BCUT2D eigenvalue weighted by atomic mass is 16.5. The fourth-order valence-corrected chi connectivity index (χ4v) is 1.01. The fourth-order valence-electron chi connectivity index (χ4n) is 1.01. The molecule has 0 aliphatic rings. The van der Waals surface area contributed by atoms with E-state index in [1.54, 1.807) is 0 Å². The summed E-state index contributed by atoms with van der Waals surface area (Å²) < 4.78 is 4.56. The molecular formula is C8H5N3O3. The van der Waals surface area contributed by atoms with Crippen LogP contribution in [0.15, 0.2) is 29.3 Å². The number of carbonyl (C=O) groups is 1. The van der Waals surface area contributed by atoms with Gasteiger partial charge in [0.25, 0.3) is 5.76 Å². The van der Waals surface area contributed by atoms with Crippen molar-refractivity contribution >= 4 is 5.97 Å². The molecule has 0 aromatic carbocycles. The molecule has 6 heteroatoms. The Morgan fingerprint density at radius 2 is 2.21 bits per heavy atom. The van der Waals surface area contributed by atoms with E-state index in [1.807, 2.05) is 0 Å². The van der Waals surface area contributed by atoms with Crippen molar-refractivity contribution in [3.8, 4) is 11.3 Å². The third-order valence-electron chi connectivity index (χ3n) is 1.60. The molecule has 0 saturated carbocycles. The van der Waals surface area contributed by atoms with Crippen LogP contribution < -0.4 is 0 Å². The van der Waals surface area contributed by atoms with E-state index in [9.17, 15) is 4.79 Å². The lowest BCUT2D eigenvalue weighted by molar-refractivity contribution is 0.0653. The summed E-state index contributed by atoms with van der Waals surface area (Å²) in [5.41, 5.74) is 0.747. The van der Waals surface area contributed by atoms with Gasteiger partial charge in [-0.1, -0.05) is 5.16 Å². The van der Waals surface area contributed by atoms with Crippen LogP contribution in [0.25, 0.3) is 11.3 Å². The number of aromatic nitrogens is 3. The van der Waals surface area contributed by atoms with E-state index < -0.39 is 5.97 Å². The van der Waals surface area contributed by atoms with E-state index >= 15 is 0 Å². The van der Waals surface area contributed by atoms with Crippen molar-refractivity contribution in [2.75, 3.05) is 0 Å². The van der Waals surface area contributed by atoms with Crippen molar-refractivity contribution < 1.29 is 14.4 Å². The zero-order valence-corrected chi connectivity index (χ0v) is 6.91. The topological polar surface area (TPSA) is 89.1 Å². The highest BCUT2D eigenvalue weighted by molar-refractivity contribution is 5.91. The lowest BCUT2D eigenvalue weighted by Gasteiger charge is -1.94. The van der Waals surface area contributed by atoms with Crippen LogP contribution in [-0.2, 0) is 0 Å². The number of carboxylic acid groups (broad SMARTS) is 1. The van der Waals surface area contributed by atoms with Crippen molar-refractivity contribution in [2.24, 2.45) is 0 Å². The Labute approximate surface area is 78.2 Å². The largest absolute Gasteiger partial charge is 0.475 e. The lowest BCUT2D eigenvalue weighted by atomic mass is 10.2. The third-order valence-corrected chi connectivity index (χ3v) is 1.60. The van der Waals surface area contributed by atoms with E-state index in [4.69, 9.17) is 5.11 Å². The first kappa shape index (κ1) is 8.36. The number of rotatable bonds is 2. The minimum Gasteiger partial charge on any atom is -0.475 e. The van der Waals surface area contributed by atoms with Crippen LogP contribution in [0.1, 0.15) is 10.6 Å². The van der Waals surface area contributed by atoms with Crippen molar-refractivity contribution in [1.82, 2.24) is 15.1 Å². The molecule has 2 aromatic heterocycles. The Balaban J connectivity index is 2.52. The fraction of sp³-hybridized carbons (Fsp3) is 0. The minimum atomic E-state index is -1.18. The molecule has 0 amide bonds. The smallest absolute Gasteiger partial charge is 0.375 e. The predicted octanol–water partition coefficient (Wildman–Crippen LogP) is 0.830. The first-order valence-corrected chi connectivity index (χ1v) is 3.73. The van der Waals surface area contributed by atoms with Gasteiger partial charge >= 0.3 is 5.97 Å². The highest BCUT2D eigenvalue weighted by Gasteiger charge is 2.17. The second kappa shape index (κ2) is 3.25. The number of aromatic carboxylic acids is 1. The maximum absolute atomic E-state index is 10.7. The molecule has 70 valence electrons. The van der Waals surface area contributed by atoms with Crippen LogP contribution >= 0.6 is 0 Å².